The van der Waals surface area contributed by atoms with Crippen LogP contribution in [0.25, 0.3) is 21.8 Å². The zero-order chi connectivity index (χ0) is 21.1. The van der Waals surface area contributed by atoms with Crippen LogP contribution in [0.15, 0.2) is 60.9 Å². The number of aromatic nitrogens is 2. The third-order valence-electron chi connectivity index (χ3n) is 5.06. The van der Waals surface area contributed by atoms with Gasteiger partial charge in [-0.3, -0.25) is 9.59 Å². The molecule has 0 fully saturated rings. The summed E-state index contributed by atoms with van der Waals surface area (Å²) in [4.78, 5) is 24.2. The first kappa shape index (κ1) is 19.7. The number of ether oxygens (including phenoxy) is 1. The number of benzene rings is 2. The number of rotatable bonds is 7. The highest BCUT2D eigenvalue weighted by atomic mass is 16.5. The maximum atomic E-state index is 12.8. The molecule has 0 aliphatic heterocycles. The highest BCUT2D eigenvalue weighted by Crippen LogP contribution is 2.26. The van der Waals surface area contributed by atoms with Crippen molar-refractivity contribution in [2.75, 3.05) is 24.4 Å². The second kappa shape index (κ2) is 8.42. The van der Waals surface area contributed by atoms with Gasteiger partial charge in [-0.15, -0.1) is 0 Å². The van der Waals surface area contributed by atoms with Crippen LogP contribution in [-0.4, -0.2) is 34.7 Å². The van der Waals surface area contributed by atoms with Crippen molar-refractivity contribution in [1.29, 1.82) is 0 Å². The summed E-state index contributed by atoms with van der Waals surface area (Å²) in [6.45, 7) is 3.03. The molecule has 0 unspecified atom stereocenters. The fourth-order valence-corrected chi connectivity index (χ4v) is 3.72. The van der Waals surface area contributed by atoms with E-state index in [4.69, 9.17) is 4.74 Å². The molecular formula is C23H24N4O3. The van der Waals surface area contributed by atoms with E-state index in [9.17, 15) is 9.59 Å². The average molecular weight is 404 g/mol. The van der Waals surface area contributed by atoms with Gasteiger partial charge in [0.25, 0.3) is 0 Å². The second-order valence-corrected chi connectivity index (χ2v) is 7.15. The summed E-state index contributed by atoms with van der Waals surface area (Å²) in [5.74, 6) is -0.243. The van der Waals surface area contributed by atoms with Gasteiger partial charge < -0.3 is 24.5 Å². The topological polar surface area (TPSA) is 77.3 Å². The minimum absolute atomic E-state index is 0.116. The Morgan fingerprint density at radius 2 is 1.47 bits per heavy atom. The number of carbonyl (C=O) groups is 2. The van der Waals surface area contributed by atoms with Gasteiger partial charge in [-0.25, -0.2) is 0 Å². The summed E-state index contributed by atoms with van der Waals surface area (Å²) in [7, 11) is 1.68. The number of anilines is 2. The van der Waals surface area contributed by atoms with Gasteiger partial charge in [0, 0.05) is 43.7 Å². The molecule has 7 nitrogen and oxygen atoms in total. The predicted octanol–water partition coefficient (Wildman–Crippen LogP) is 3.84. The van der Waals surface area contributed by atoms with Crippen molar-refractivity contribution in [3.05, 3.63) is 60.9 Å². The highest BCUT2D eigenvalue weighted by Gasteiger charge is 2.12. The number of methoxy groups -OCH3 is 1. The van der Waals surface area contributed by atoms with E-state index < -0.39 is 0 Å². The number of carbonyl (C=O) groups excluding carboxylic acids is 2. The number of nitrogens with one attached hydrogen (secondary N) is 2. The Labute approximate surface area is 174 Å². The number of amides is 2. The van der Waals surface area contributed by atoms with Crippen LogP contribution in [0.4, 0.5) is 11.4 Å². The molecule has 0 saturated carbocycles. The average Bonchev–Trinajstić information content (AvgIpc) is 3.32. The summed E-state index contributed by atoms with van der Waals surface area (Å²) in [5, 5.41) is 7.75. The molecule has 0 bridgehead atoms. The quantitative estimate of drug-likeness (QED) is 0.491. The Bertz CT molecular complexity index is 1220. The SMILES string of the molecule is COCCn1ccc2c(NC(=O)Cn3ccc4c(NC(C)=O)cccc43)cccc21. The van der Waals surface area contributed by atoms with Crippen molar-refractivity contribution in [2.45, 2.75) is 20.0 Å². The maximum Gasteiger partial charge on any atom is 0.244 e. The third kappa shape index (κ3) is 3.92. The highest BCUT2D eigenvalue weighted by molar-refractivity contribution is 6.03. The lowest BCUT2D eigenvalue weighted by Gasteiger charge is -2.10. The first-order chi connectivity index (χ1) is 14.6. The van der Waals surface area contributed by atoms with Crippen LogP contribution in [0.3, 0.4) is 0 Å². The van der Waals surface area contributed by atoms with Crippen molar-refractivity contribution in [3.63, 3.8) is 0 Å². The summed E-state index contributed by atoms with van der Waals surface area (Å²) in [6, 6.07) is 15.4. The van der Waals surface area contributed by atoms with E-state index in [0.29, 0.717) is 6.61 Å². The lowest BCUT2D eigenvalue weighted by Crippen LogP contribution is -2.18. The molecule has 2 amide bonds. The largest absolute Gasteiger partial charge is 0.383 e. The normalized spacial score (nSPS) is 11.1. The monoisotopic (exact) mass is 404 g/mol. The summed E-state index contributed by atoms with van der Waals surface area (Å²) >= 11 is 0. The molecular weight excluding hydrogens is 380 g/mol. The van der Waals surface area contributed by atoms with E-state index in [1.807, 2.05) is 65.5 Å². The minimum atomic E-state index is -0.126. The summed E-state index contributed by atoms with van der Waals surface area (Å²) in [6.07, 6.45) is 3.86. The maximum absolute atomic E-state index is 12.8. The number of fused-ring (bicyclic) bond motifs is 2. The molecule has 0 radical (unpaired) electrons. The van der Waals surface area contributed by atoms with E-state index >= 15 is 0 Å². The van der Waals surface area contributed by atoms with Gasteiger partial charge in [0.1, 0.15) is 6.54 Å². The standard InChI is InChI=1S/C23H24N4O3/c1-16(28)24-19-5-3-8-22-17(19)10-12-27(22)15-23(29)25-20-6-4-7-21-18(20)9-11-26(21)13-14-30-2/h3-12H,13-15H2,1-2H3,(H,24,28)(H,25,29). The van der Waals surface area contributed by atoms with Gasteiger partial charge in [0.15, 0.2) is 0 Å². The Morgan fingerprint density at radius 1 is 0.867 bits per heavy atom. The van der Waals surface area contributed by atoms with Crippen molar-refractivity contribution >= 4 is 45.0 Å². The van der Waals surface area contributed by atoms with E-state index in [1.165, 1.54) is 6.92 Å². The van der Waals surface area contributed by atoms with Gasteiger partial charge in [0.2, 0.25) is 11.8 Å². The predicted molar refractivity (Wildman–Crippen MR) is 119 cm³/mol. The molecule has 4 aromatic rings. The Balaban J connectivity index is 1.54. The molecule has 0 saturated heterocycles. The summed E-state index contributed by atoms with van der Waals surface area (Å²) in [5.41, 5.74) is 3.46. The second-order valence-electron chi connectivity index (χ2n) is 7.15. The lowest BCUT2D eigenvalue weighted by atomic mass is 10.2. The molecule has 7 heteroatoms. The van der Waals surface area contributed by atoms with Gasteiger partial charge in [-0.1, -0.05) is 12.1 Å². The molecule has 0 spiro atoms. The van der Waals surface area contributed by atoms with Crippen molar-refractivity contribution in [2.24, 2.45) is 0 Å². The van der Waals surface area contributed by atoms with Gasteiger partial charge in [-0.2, -0.15) is 0 Å². The lowest BCUT2D eigenvalue weighted by molar-refractivity contribution is -0.116. The zero-order valence-electron chi connectivity index (χ0n) is 17.0. The molecule has 0 atom stereocenters. The Hall–Kier alpha value is -3.58. The van der Waals surface area contributed by atoms with Crippen LogP contribution in [0.2, 0.25) is 0 Å². The molecule has 30 heavy (non-hydrogen) atoms. The zero-order valence-corrected chi connectivity index (χ0v) is 17.0. The van der Waals surface area contributed by atoms with Crippen molar-refractivity contribution in [3.8, 4) is 0 Å². The number of hydrogen-bond acceptors (Lipinski definition) is 3. The third-order valence-corrected chi connectivity index (χ3v) is 5.06. The van der Waals surface area contributed by atoms with E-state index in [1.54, 1.807) is 7.11 Å². The van der Waals surface area contributed by atoms with Gasteiger partial charge >= 0.3 is 0 Å². The number of hydrogen-bond donors (Lipinski definition) is 2. The first-order valence-corrected chi connectivity index (χ1v) is 9.79. The van der Waals surface area contributed by atoms with Crippen LogP contribution in [0, 0.1) is 0 Å². The molecule has 2 heterocycles. The van der Waals surface area contributed by atoms with Gasteiger partial charge in [0.05, 0.1) is 29.0 Å². The molecule has 154 valence electrons. The summed E-state index contributed by atoms with van der Waals surface area (Å²) < 4.78 is 9.15. The van der Waals surface area contributed by atoms with Crippen LogP contribution >= 0.6 is 0 Å². The molecule has 2 aromatic heterocycles. The van der Waals surface area contributed by atoms with Crippen LogP contribution in [0.1, 0.15) is 6.92 Å². The molecule has 2 N–H and O–H groups in total. The fourth-order valence-electron chi connectivity index (χ4n) is 3.72. The Morgan fingerprint density at radius 3 is 2.10 bits per heavy atom. The van der Waals surface area contributed by atoms with Crippen molar-refractivity contribution in [1.82, 2.24) is 9.13 Å². The minimum Gasteiger partial charge on any atom is -0.383 e. The molecule has 2 aromatic carbocycles. The smallest absolute Gasteiger partial charge is 0.244 e. The first-order valence-electron chi connectivity index (χ1n) is 9.79. The molecule has 0 aliphatic carbocycles. The van der Waals surface area contributed by atoms with Crippen LogP contribution in [-0.2, 0) is 27.4 Å². The van der Waals surface area contributed by atoms with E-state index in [-0.39, 0.29) is 18.4 Å². The van der Waals surface area contributed by atoms with E-state index in [0.717, 1.165) is 39.7 Å². The van der Waals surface area contributed by atoms with Crippen molar-refractivity contribution < 1.29 is 14.3 Å². The molecule has 4 rings (SSSR count). The Kier molecular flexibility index (Phi) is 5.54. The molecule has 0 aliphatic rings. The fraction of sp³-hybridized carbons (Fsp3) is 0.217. The van der Waals surface area contributed by atoms with Crippen LogP contribution < -0.4 is 10.6 Å². The van der Waals surface area contributed by atoms with Crippen LogP contribution in [0.5, 0.6) is 0 Å². The van der Waals surface area contributed by atoms with E-state index in [2.05, 4.69) is 15.2 Å². The number of nitrogens with zero attached hydrogens (tertiary/aromatic N) is 2. The van der Waals surface area contributed by atoms with Gasteiger partial charge in [-0.05, 0) is 36.4 Å².